The molecular formula is C15H25BrO. The smallest absolute Gasteiger partial charge is 0.127 e. The first kappa shape index (κ1) is 16.7. The second-order valence-electron chi connectivity index (χ2n) is 4.79. The van der Waals surface area contributed by atoms with Crippen LogP contribution in [0.4, 0.5) is 0 Å². The number of aliphatic hydroxyl groups is 1. The van der Waals surface area contributed by atoms with Crippen molar-refractivity contribution in [3.05, 3.63) is 34.9 Å². The highest BCUT2D eigenvalue weighted by Crippen LogP contribution is 2.12. The number of alkyl halides is 1. The maximum absolute atomic E-state index is 9.12. The van der Waals surface area contributed by atoms with Gasteiger partial charge in [0, 0.05) is 0 Å². The standard InChI is InChI=1S/C15H25BrO/c1-12(2)7-5-8-13(3)9-6-10-14(4)11-15(16)17/h7,9,11,15,17H,5-6,8,10H2,1-4H3/b13-9+,14-11+. The molecule has 1 atom stereocenters. The van der Waals surface area contributed by atoms with Crippen LogP contribution in [0.5, 0.6) is 0 Å². The lowest BCUT2D eigenvalue weighted by Gasteiger charge is -2.02. The maximum atomic E-state index is 9.12. The van der Waals surface area contributed by atoms with E-state index in [1.807, 2.05) is 6.08 Å². The van der Waals surface area contributed by atoms with Crippen LogP contribution in [-0.4, -0.2) is 10.1 Å². The predicted molar refractivity (Wildman–Crippen MR) is 80.3 cm³/mol. The molecular weight excluding hydrogens is 276 g/mol. The van der Waals surface area contributed by atoms with E-state index in [9.17, 15) is 0 Å². The van der Waals surface area contributed by atoms with Gasteiger partial charge in [0.25, 0.3) is 0 Å². The zero-order valence-corrected chi connectivity index (χ0v) is 13.0. The minimum absolute atomic E-state index is 0.509. The van der Waals surface area contributed by atoms with Crippen molar-refractivity contribution in [3.63, 3.8) is 0 Å². The maximum Gasteiger partial charge on any atom is 0.127 e. The van der Waals surface area contributed by atoms with Crippen LogP contribution in [0.15, 0.2) is 34.9 Å². The summed E-state index contributed by atoms with van der Waals surface area (Å²) in [7, 11) is 0. The van der Waals surface area contributed by atoms with Gasteiger partial charge in [0.05, 0.1) is 0 Å². The molecule has 0 spiro atoms. The van der Waals surface area contributed by atoms with Crippen molar-refractivity contribution in [2.75, 3.05) is 0 Å². The van der Waals surface area contributed by atoms with Gasteiger partial charge in [-0.3, -0.25) is 0 Å². The van der Waals surface area contributed by atoms with Gasteiger partial charge in [-0.25, -0.2) is 0 Å². The number of allylic oxidation sites excluding steroid dienone is 5. The van der Waals surface area contributed by atoms with E-state index in [0.29, 0.717) is 0 Å². The number of halogens is 1. The Morgan fingerprint density at radius 2 is 1.53 bits per heavy atom. The third kappa shape index (κ3) is 11.9. The van der Waals surface area contributed by atoms with E-state index in [4.69, 9.17) is 5.11 Å². The van der Waals surface area contributed by atoms with Gasteiger partial charge >= 0.3 is 0 Å². The van der Waals surface area contributed by atoms with Crippen molar-refractivity contribution in [2.45, 2.75) is 58.4 Å². The SMILES string of the molecule is CC(C)=CCC/C(C)=C/CC/C(C)=C/C(O)Br. The lowest BCUT2D eigenvalue weighted by atomic mass is 10.1. The summed E-state index contributed by atoms with van der Waals surface area (Å²) in [6.07, 6.45) is 10.8. The van der Waals surface area contributed by atoms with Crippen LogP contribution in [0.3, 0.4) is 0 Å². The highest BCUT2D eigenvalue weighted by Gasteiger charge is 1.94. The first-order chi connectivity index (χ1) is 7.91. The van der Waals surface area contributed by atoms with E-state index in [-0.39, 0.29) is 0 Å². The summed E-state index contributed by atoms with van der Waals surface area (Å²) < 4.78 is 0. The van der Waals surface area contributed by atoms with Crippen molar-refractivity contribution in [3.8, 4) is 0 Å². The molecule has 17 heavy (non-hydrogen) atoms. The quantitative estimate of drug-likeness (QED) is 0.511. The molecule has 0 saturated carbocycles. The average molecular weight is 301 g/mol. The van der Waals surface area contributed by atoms with Gasteiger partial charge in [-0.1, -0.05) is 44.8 Å². The topological polar surface area (TPSA) is 20.2 Å². The average Bonchev–Trinajstić information content (AvgIpc) is 2.15. The largest absolute Gasteiger partial charge is 0.378 e. The highest BCUT2D eigenvalue weighted by molar-refractivity contribution is 9.09. The van der Waals surface area contributed by atoms with Crippen LogP contribution in [0.1, 0.15) is 53.4 Å². The van der Waals surface area contributed by atoms with Crippen LogP contribution in [-0.2, 0) is 0 Å². The molecule has 0 aromatic heterocycles. The first-order valence-electron chi connectivity index (χ1n) is 6.20. The molecule has 0 saturated heterocycles. The number of hydrogen-bond donors (Lipinski definition) is 1. The van der Waals surface area contributed by atoms with Gasteiger partial charge in [-0.15, -0.1) is 0 Å². The second kappa shape index (κ2) is 9.67. The molecule has 0 rings (SSSR count). The van der Waals surface area contributed by atoms with Crippen LogP contribution in [0.25, 0.3) is 0 Å². The molecule has 0 bridgehead atoms. The van der Waals surface area contributed by atoms with E-state index in [1.54, 1.807) is 0 Å². The summed E-state index contributed by atoms with van der Waals surface area (Å²) in [5, 5.41) is 8.61. The molecule has 0 aromatic carbocycles. The second-order valence-corrected chi connectivity index (χ2v) is 5.73. The molecule has 1 unspecified atom stereocenters. The summed E-state index contributed by atoms with van der Waals surface area (Å²) in [6.45, 7) is 8.52. The predicted octanol–water partition coefficient (Wildman–Crippen LogP) is 5.12. The van der Waals surface area contributed by atoms with Crippen molar-refractivity contribution < 1.29 is 5.11 Å². The molecule has 1 nitrogen and oxygen atoms in total. The minimum atomic E-state index is -0.509. The molecule has 0 amide bonds. The Morgan fingerprint density at radius 3 is 2.06 bits per heavy atom. The summed E-state index contributed by atoms with van der Waals surface area (Å²) in [5.41, 5.74) is 4.07. The molecule has 0 aromatic rings. The third-order valence-electron chi connectivity index (χ3n) is 2.54. The van der Waals surface area contributed by atoms with E-state index in [2.05, 4.69) is 55.8 Å². The lowest BCUT2D eigenvalue weighted by molar-refractivity contribution is 0.315. The minimum Gasteiger partial charge on any atom is -0.378 e. The van der Waals surface area contributed by atoms with Crippen LogP contribution < -0.4 is 0 Å². The van der Waals surface area contributed by atoms with Crippen LogP contribution in [0.2, 0.25) is 0 Å². The van der Waals surface area contributed by atoms with Gasteiger partial charge in [-0.05, 0) is 59.5 Å². The van der Waals surface area contributed by atoms with Gasteiger partial charge in [-0.2, -0.15) is 0 Å². The van der Waals surface area contributed by atoms with Gasteiger partial charge in [0.2, 0.25) is 0 Å². The van der Waals surface area contributed by atoms with Crippen LogP contribution in [0, 0.1) is 0 Å². The Balaban J connectivity index is 3.88. The molecule has 0 aliphatic rings. The summed E-state index contributed by atoms with van der Waals surface area (Å²) >= 11 is 3.10. The Bertz CT molecular complexity index is 294. The summed E-state index contributed by atoms with van der Waals surface area (Å²) in [5.74, 6) is 0. The Morgan fingerprint density at radius 1 is 1.00 bits per heavy atom. The molecule has 0 aliphatic carbocycles. The van der Waals surface area contributed by atoms with Crippen LogP contribution >= 0.6 is 15.9 Å². The van der Waals surface area contributed by atoms with E-state index >= 15 is 0 Å². The van der Waals surface area contributed by atoms with E-state index in [0.717, 1.165) is 25.7 Å². The Kier molecular flexibility index (Phi) is 9.47. The van der Waals surface area contributed by atoms with E-state index in [1.165, 1.54) is 16.7 Å². The molecule has 2 heteroatoms. The number of aliphatic hydroxyl groups excluding tert-OH is 1. The fraction of sp³-hybridized carbons (Fsp3) is 0.600. The third-order valence-corrected chi connectivity index (χ3v) is 2.81. The summed E-state index contributed by atoms with van der Waals surface area (Å²) in [6, 6.07) is 0. The zero-order valence-electron chi connectivity index (χ0n) is 11.5. The van der Waals surface area contributed by atoms with Crippen molar-refractivity contribution in [1.29, 1.82) is 0 Å². The molecule has 98 valence electrons. The van der Waals surface area contributed by atoms with Crippen molar-refractivity contribution in [2.24, 2.45) is 0 Å². The first-order valence-corrected chi connectivity index (χ1v) is 7.12. The summed E-state index contributed by atoms with van der Waals surface area (Å²) in [4.78, 5) is 0. The highest BCUT2D eigenvalue weighted by atomic mass is 79.9. The van der Waals surface area contributed by atoms with Crippen molar-refractivity contribution >= 4 is 15.9 Å². The Labute approximate surface area is 114 Å². The lowest BCUT2D eigenvalue weighted by Crippen LogP contribution is -1.90. The molecule has 0 fully saturated rings. The molecule has 0 heterocycles. The molecule has 0 radical (unpaired) electrons. The number of hydrogen-bond acceptors (Lipinski definition) is 1. The van der Waals surface area contributed by atoms with Crippen molar-refractivity contribution in [1.82, 2.24) is 0 Å². The fourth-order valence-corrected chi connectivity index (χ4v) is 2.01. The van der Waals surface area contributed by atoms with Gasteiger partial charge < -0.3 is 5.11 Å². The van der Waals surface area contributed by atoms with Gasteiger partial charge in [0.1, 0.15) is 5.01 Å². The van der Waals surface area contributed by atoms with Gasteiger partial charge in [0.15, 0.2) is 0 Å². The molecule has 1 N–H and O–H groups in total. The number of rotatable bonds is 7. The normalized spacial score (nSPS) is 14.7. The fourth-order valence-electron chi connectivity index (χ4n) is 1.55. The van der Waals surface area contributed by atoms with E-state index < -0.39 is 5.01 Å². The molecule has 0 aliphatic heterocycles. The Hall–Kier alpha value is -0.340. The monoisotopic (exact) mass is 300 g/mol. The zero-order chi connectivity index (χ0) is 13.3.